The van der Waals surface area contributed by atoms with E-state index in [1.807, 2.05) is 6.20 Å². The molecule has 0 aliphatic rings. The molecule has 0 aromatic carbocycles. The molecule has 0 radical (unpaired) electrons. The molecule has 1 rings (SSSR count). The van der Waals surface area contributed by atoms with E-state index in [0.29, 0.717) is 85.0 Å². The smallest absolute Gasteiger partial charge is 0.132 e. The lowest BCUT2D eigenvalue weighted by molar-refractivity contribution is -0.118. The van der Waals surface area contributed by atoms with Gasteiger partial charge in [-0.05, 0) is 12.8 Å². The Kier molecular flexibility index (Phi) is 14.6. The average Bonchev–Trinajstić information content (AvgIpc) is 3.13. The Morgan fingerprint density at radius 3 is 1.75 bits per heavy atom. The van der Waals surface area contributed by atoms with Gasteiger partial charge in [-0.15, -0.1) is 5.10 Å². The van der Waals surface area contributed by atoms with Crippen LogP contribution in [0.5, 0.6) is 0 Å². The maximum Gasteiger partial charge on any atom is 0.132 e. The summed E-state index contributed by atoms with van der Waals surface area (Å²) in [5, 5.41) is 8.17. The second kappa shape index (κ2) is 16.6. The molecule has 0 bridgehead atoms. The molecule has 9 nitrogen and oxygen atoms in total. The van der Waals surface area contributed by atoms with Gasteiger partial charge in [0.1, 0.15) is 5.78 Å². The molecule has 1 aromatic heterocycles. The highest BCUT2D eigenvalue weighted by Gasteiger charge is 2.04. The van der Waals surface area contributed by atoms with Crippen molar-refractivity contribution in [3.05, 3.63) is 11.9 Å². The number of carbonyl (C=O) groups is 1. The first kappa shape index (κ1) is 24.6. The van der Waals surface area contributed by atoms with E-state index >= 15 is 0 Å². The van der Waals surface area contributed by atoms with Crippen molar-refractivity contribution in [2.24, 2.45) is 0 Å². The SMILES string of the molecule is CC(=O)CCOCCOCCOCCOCCOCCn1cc(C(C)C)nn1. The highest BCUT2D eigenvalue weighted by Crippen LogP contribution is 2.08. The normalized spacial score (nSPS) is 11.4. The predicted molar refractivity (Wildman–Crippen MR) is 104 cm³/mol. The lowest BCUT2D eigenvalue weighted by atomic mass is 10.2. The fourth-order valence-electron chi connectivity index (χ4n) is 2.04. The van der Waals surface area contributed by atoms with Crippen LogP contribution < -0.4 is 0 Å². The molecule has 0 saturated carbocycles. The van der Waals surface area contributed by atoms with Gasteiger partial charge in [0.05, 0.1) is 78.3 Å². The third-order valence-electron chi connectivity index (χ3n) is 3.70. The first-order chi connectivity index (χ1) is 13.6. The minimum atomic E-state index is 0.134. The van der Waals surface area contributed by atoms with Crippen molar-refractivity contribution in [3.63, 3.8) is 0 Å². The highest BCUT2D eigenvalue weighted by molar-refractivity contribution is 5.75. The first-order valence-electron chi connectivity index (χ1n) is 9.87. The molecule has 28 heavy (non-hydrogen) atoms. The lowest BCUT2D eigenvalue weighted by Gasteiger charge is -2.08. The minimum absolute atomic E-state index is 0.134. The Labute approximate surface area is 167 Å². The predicted octanol–water partition coefficient (Wildman–Crippen LogP) is 1.46. The summed E-state index contributed by atoms with van der Waals surface area (Å²) in [6, 6.07) is 0. The van der Waals surface area contributed by atoms with Crippen molar-refractivity contribution < 1.29 is 28.5 Å². The summed E-state index contributed by atoms with van der Waals surface area (Å²) in [6.45, 7) is 11.6. The van der Waals surface area contributed by atoms with Crippen LogP contribution >= 0.6 is 0 Å². The zero-order valence-corrected chi connectivity index (χ0v) is 17.4. The topological polar surface area (TPSA) is 93.9 Å². The summed E-state index contributed by atoms with van der Waals surface area (Å²) >= 11 is 0. The Hall–Kier alpha value is -1.39. The van der Waals surface area contributed by atoms with E-state index in [2.05, 4.69) is 24.2 Å². The maximum absolute atomic E-state index is 10.7. The Morgan fingerprint density at radius 2 is 1.32 bits per heavy atom. The number of Topliss-reactive ketones (excluding diaryl/α,β-unsaturated/α-hetero) is 1. The molecule has 0 aliphatic carbocycles. The number of ketones is 1. The molecule has 0 fully saturated rings. The van der Waals surface area contributed by atoms with E-state index in [1.165, 1.54) is 0 Å². The van der Waals surface area contributed by atoms with Gasteiger partial charge in [0.15, 0.2) is 0 Å². The van der Waals surface area contributed by atoms with Crippen molar-refractivity contribution in [2.75, 3.05) is 66.1 Å². The summed E-state index contributed by atoms with van der Waals surface area (Å²) in [6.07, 6.45) is 2.41. The summed E-state index contributed by atoms with van der Waals surface area (Å²) in [7, 11) is 0. The van der Waals surface area contributed by atoms with Crippen LogP contribution in [0.25, 0.3) is 0 Å². The van der Waals surface area contributed by atoms with Crippen molar-refractivity contribution >= 4 is 5.78 Å². The molecule has 0 unspecified atom stereocenters. The molecular weight excluding hydrogens is 366 g/mol. The van der Waals surface area contributed by atoms with Crippen LogP contribution in [0.2, 0.25) is 0 Å². The van der Waals surface area contributed by atoms with Crippen molar-refractivity contribution in [2.45, 2.75) is 39.7 Å². The molecule has 0 atom stereocenters. The van der Waals surface area contributed by atoms with E-state index in [9.17, 15) is 4.79 Å². The fourth-order valence-corrected chi connectivity index (χ4v) is 2.04. The van der Waals surface area contributed by atoms with Gasteiger partial charge >= 0.3 is 0 Å². The Balaban J connectivity index is 1.75. The van der Waals surface area contributed by atoms with E-state index in [0.717, 1.165) is 5.69 Å². The highest BCUT2D eigenvalue weighted by atomic mass is 16.6. The van der Waals surface area contributed by atoms with Crippen molar-refractivity contribution in [1.29, 1.82) is 0 Å². The first-order valence-corrected chi connectivity index (χ1v) is 9.87. The van der Waals surface area contributed by atoms with E-state index in [1.54, 1.807) is 11.6 Å². The molecule has 1 aromatic rings. The summed E-state index contributed by atoms with van der Waals surface area (Å²) in [5.74, 6) is 0.518. The molecule has 0 N–H and O–H groups in total. The molecule has 0 saturated heterocycles. The summed E-state index contributed by atoms with van der Waals surface area (Å²) < 4.78 is 28.8. The van der Waals surface area contributed by atoms with Gasteiger partial charge in [0.2, 0.25) is 0 Å². The van der Waals surface area contributed by atoms with Gasteiger partial charge in [-0.25, -0.2) is 4.68 Å². The molecular formula is C19H35N3O6. The molecule has 0 amide bonds. The van der Waals surface area contributed by atoms with Crippen LogP contribution in [0.3, 0.4) is 0 Å². The van der Waals surface area contributed by atoms with E-state index in [-0.39, 0.29) is 5.78 Å². The van der Waals surface area contributed by atoms with Crippen molar-refractivity contribution in [3.8, 4) is 0 Å². The monoisotopic (exact) mass is 401 g/mol. The largest absolute Gasteiger partial charge is 0.379 e. The second-order valence-electron chi connectivity index (χ2n) is 6.58. The maximum atomic E-state index is 10.7. The minimum Gasteiger partial charge on any atom is -0.379 e. The average molecular weight is 402 g/mol. The standard InChI is InChI=1S/C19H35N3O6/c1-17(2)19-16-22(21-20-19)5-7-25-9-11-27-13-15-28-14-12-26-10-8-24-6-4-18(3)23/h16-17H,4-15H2,1-3H3. The molecule has 162 valence electrons. The third kappa shape index (κ3) is 13.7. The quantitative estimate of drug-likeness (QED) is 0.322. The number of hydrogen-bond donors (Lipinski definition) is 0. The van der Waals surface area contributed by atoms with Crippen LogP contribution in [0.15, 0.2) is 6.20 Å². The van der Waals surface area contributed by atoms with Crippen LogP contribution in [-0.4, -0.2) is 86.8 Å². The van der Waals surface area contributed by atoms with E-state index in [4.69, 9.17) is 23.7 Å². The molecule has 1 heterocycles. The number of nitrogens with zero attached hydrogens (tertiary/aromatic N) is 3. The van der Waals surface area contributed by atoms with Gasteiger partial charge in [-0.3, -0.25) is 4.79 Å². The zero-order chi connectivity index (χ0) is 20.5. The lowest BCUT2D eigenvalue weighted by Crippen LogP contribution is -2.14. The summed E-state index contributed by atoms with van der Waals surface area (Å²) in [5.41, 5.74) is 0.992. The number of carbonyl (C=O) groups excluding carboxylic acids is 1. The Morgan fingerprint density at radius 1 is 0.857 bits per heavy atom. The second-order valence-corrected chi connectivity index (χ2v) is 6.58. The Bertz CT molecular complexity index is 510. The molecule has 0 aliphatic heterocycles. The summed E-state index contributed by atoms with van der Waals surface area (Å²) in [4.78, 5) is 10.7. The number of rotatable bonds is 19. The van der Waals surface area contributed by atoms with Gasteiger partial charge in [0, 0.05) is 12.6 Å². The third-order valence-corrected chi connectivity index (χ3v) is 3.70. The van der Waals surface area contributed by atoms with E-state index < -0.39 is 0 Å². The van der Waals surface area contributed by atoms with Gasteiger partial charge in [-0.2, -0.15) is 0 Å². The van der Waals surface area contributed by atoms with Gasteiger partial charge in [-0.1, -0.05) is 19.1 Å². The molecule has 9 heteroatoms. The zero-order valence-electron chi connectivity index (χ0n) is 17.4. The number of ether oxygens (including phenoxy) is 5. The fraction of sp³-hybridized carbons (Fsp3) is 0.842. The van der Waals surface area contributed by atoms with Crippen LogP contribution in [-0.2, 0) is 35.0 Å². The molecule has 0 spiro atoms. The van der Waals surface area contributed by atoms with Crippen LogP contribution in [0, 0.1) is 0 Å². The number of hydrogen-bond acceptors (Lipinski definition) is 8. The number of aromatic nitrogens is 3. The van der Waals surface area contributed by atoms with Crippen molar-refractivity contribution in [1.82, 2.24) is 15.0 Å². The van der Waals surface area contributed by atoms with Crippen LogP contribution in [0.1, 0.15) is 38.8 Å². The van der Waals surface area contributed by atoms with Gasteiger partial charge < -0.3 is 23.7 Å². The van der Waals surface area contributed by atoms with Crippen LogP contribution in [0.4, 0.5) is 0 Å². The van der Waals surface area contributed by atoms with Gasteiger partial charge in [0.25, 0.3) is 0 Å².